The summed E-state index contributed by atoms with van der Waals surface area (Å²) in [6.45, 7) is -0.413. The van der Waals surface area contributed by atoms with Crippen LogP contribution in [0.2, 0.25) is 0 Å². The second-order valence-corrected chi connectivity index (χ2v) is 4.37. The quantitative estimate of drug-likeness (QED) is 0.625. The number of hydrogen-bond donors (Lipinski definition) is 3. The number of amides is 4. The molecule has 1 fully saturated rings. The Morgan fingerprint density at radius 2 is 1.95 bits per heavy atom. The molecule has 0 radical (unpaired) electrons. The van der Waals surface area contributed by atoms with Crippen molar-refractivity contribution < 1.29 is 24.3 Å². The van der Waals surface area contributed by atoms with Gasteiger partial charge < -0.3 is 15.3 Å². The average molecular weight is 292 g/mol. The molecule has 1 saturated heterocycles. The number of imide groups is 1. The summed E-state index contributed by atoms with van der Waals surface area (Å²) in [4.78, 5) is 49.7. The molecule has 1 aromatic heterocycles. The Balaban J connectivity index is 1.97. The molecule has 1 aromatic rings. The fourth-order valence-electron chi connectivity index (χ4n) is 1.74. The van der Waals surface area contributed by atoms with Crippen molar-refractivity contribution in [2.24, 2.45) is 0 Å². The molecule has 0 bridgehead atoms. The first kappa shape index (κ1) is 14.4. The highest BCUT2D eigenvalue weighted by atomic mass is 16.4. The van der Waals surface area contributed by atoms with Crippen molar-refractivity contribution in [3.63, 3.8) is 0 Å². The highest BCUT2D eigenvalue weighted by Gasteiger charge is 2.26. The van der Waals surface area contributed by atoms with Crippen LogP contribution in [0.1, 0.15) is 5.69 Å². The smallest absolute Gasteiger partial charge is 0.322 e. The van der Waals surface area contributed by atoms with Crippen LogP contribution in [-0.2, 0) is 20.8 Å². The van der Waals surface area contributed by atoms with Crippen molar-refractivity contribution in [1.29, 1.82) is 0 Å². The van der Waals surface area contributed by atoms with Crippen LogP contribution in [0.3, 0.4) is 0 Å². The minimum atomic E-state index is -1.00. The lowest BCUT2D eigenvalue weighted by atomic mass is 10.2. The summed E-state index contributed by atoms with van der Waals surface area (Å²) in [5, 5.41) is 13.2. The van der Waals surface area contributed by atoms with Crippen LogP contribution in [-0.4, -0.2) is 51.9 Å². The molecule has 0 saturated carbocycles. The lowest BCUT2D eigenvalue weighted by molar-refractivity contribution is -0.137. The Hall–Kier alpha value is -2.97. The number of urea groups is 1. The predicted octanol–water partition coefficient (Wildman–Crippen LogP) is -0.801. The average Bonchev–Trinajstić information content (AvgIpc) is 2.39. The molecule has 1 aliphatic rings. The fraction of sp³-hybridized carbons (Fsp3) is 0.250. The van der Waals surface area contributed by atoms with E-state index in [0.29, 0.717) is 11.4 Å². The number of carboxylic acids is 1. The first-order chi connectivity index (χ1) is 9.94. The largest absolute Gasteiger partial charge is 0.481 e. The summed E-state index contributed by atoms with van der Waals surface area (Å²) >= 11 is 0. The van der Waals surface area contributed by atoms with E-state index in [4.69, 9.17) is 5.11 Å². The minimum Gasteiger partial charge on any atom is -0.481 e. The van der Waals surface area contributed by atoms with E-state index in [1.165, 1.54) is 18.3 Å². The van der Waals surface area contributed by atoms with Gasteiger partial charge in [-0.3, -0.25) is 24.7 Å². The third kappa shape index (κ3) is 4.00. The van der Waals surface area contributed by atoms with Crippen LogP contribution in [0.25, 0.3) is 0 Å². The van der Waals surface area contributed by atoms with Crippen LogP contribution in [0, 0.1) is 0 Å². The minimum absolute atomic E-state index is 0.206. The maximum absolute atomic E-state index is 11.9. The van der Waals surface area contributed by atoms with E-state index in [0.717, 1.165) is 4.90 Å². The molecule has 0 spiro atoms. The zero-order chi connectivity index (χ0) is 15.4. The van der Waals surface area contributed by atoms with E-state index in [-0.39, 0.29) is 19.5 Å². The summed E-state index contributed by atoms with van der Waals surface area (Å²) < 4.78 is 0. The molecule has 2 heterocycles. The SMILES string of the molecule is O=C(O)Cc1ccc(NC(=O)N2CC(=O)NC(=O)C2)cn1. The van der Waals surface area contributed by atoms with E-state index >= 15 is 0 Å². The van der Waals surface area contributed by atoms with Gasteiger partial charge in [-0.15, -0.1) is 0 Å². The molecule has 3 N–H and O–H groups in total. The summed E-state index contributed by atoms with van der Waals surface area (Å²) in [6.07, 6.45) is 1.09. The third-order valence-electron chi connectivity index (χ3n) is 2.64. The highest BCUT2D eigenvalue weighted by molar-refractivity contribution is 6.04. The number of pyridine rings is 1. The molecular weight excluding hydrogens is 280 g/mol. The van der Waals surface area contributed by atoms with E-state index < -0.39 is 23.8 Å². The van der Waals surface area contributed by atoms with Crippen molar-refractivity contribution in [3.05, 3.63) is 24.0 Å². The number of piperazine rings is 1. The topological polar surface area (TPSA) is 129 Å². The van der Waals surface area contributed by atoms with Crippen LogP contribution in [0.15, 0.2) is 18.3 Å². The molecular formula is C12H12N4O5. The number of carboxylic acid groups (broad SMARTS) is 1. The molecule has 0 unspecified atom stereocenters. The van der Waals surface area contributed by atoms with Gasteiger partial charge >= 0.3 is 12.0 Å². The normalized spacial score (nSPS) is 14.6. The summed E-state index contributed by atoms with van der Waals surface area (Å²) in [6, 6.07) is 2.36. The summed E-state index contributed by atoms with van der Waals surface area (Å²) in [5.74, 6) is -2.09. The maximum Gasteiger partial charge on any atom is 0.322 e. The number of aromatic nitrogens is 1. The zero-order valence-corrected chi connectivity index (χ0v) is 10.8. The van der Waals surface area contributed by atoms with Gasteiger partial charge in [-0.1, -0.05) is 0 Å². The van der Waals surface area contributed by atoms with Gasteiger partial charge in [0.05, 0.1) is 24.0 Å². The monoisotopic (exact) mass is 292 g/mol. The molecule has 4 amide bonds. The van der Waals surface area contributed by atoms with Crippen molar-refractivity contribution in [3.8, 4) is 0 Å². The van der Waals surface area contributed by atoms with Gasteiger partial charge in [-0.05, 0) is 12.1 Å². The molecule has 0 atom stereocenters. The second-order valence-electron chi connectivity index (χ2n) is 4.37. The van der Waals surface area contributed by atoms with Gasteiger partial charge in [-0.25, -0.2) is 4.79 Å². The lowest BCUT2D eigenvalue weighted by Crippen LogP contribution is -2.54. The van der Waals surface area contributed by atoms with Gasteiger partial charge in [0.2, 0.25) is 11.8 Å². The number of aliphatic carboxylic acids is 1. The lowest BCUT2D eigenvalue weighted by Gasteiger charge is -2.25. The van der Waals surface area contributed by atoms with Gasteiger partial charge in [0.1, 0.15) is 13.1 Å². The van der Waals surface area contributed by atoms with Crippen molar-refractivity contribution in [2.45, 2.75) is 6.42 Å². The van der Waals surface area contributed by atoms with Crippen LogP contribution in [0.5, 0.6) is 0 Å². The van der Waals surface area contributed by atoms with Gasteiger partial charge in [0.15, 0.2) is 0 Å². The van der Waals surface area contributed by atoms with Crippen molar-refractivity contribution in [2.75, 3.05) is 18.4 Å². The summed E-state index contributed by atoms with van der Waals surface area (Å²) in [7, 11) is 0. The Labute approximate surface area is 118 Å². The van der Waals surface area contributed by atoms with Gasteiger partial charge in [0, 0.05) is 0 Å². The number of carbonyl (C=O) groups excluding carboxylic acids is 3. The first-order valence-corrected chi connectivity index (χ1v) is 5.99. The Bertz CT molecular complexity index is 582. The number of rotatable bonds is 3. The number of nitrogens with one attached hydrogen (secondary N) is 2. The third-order valence-corrected chi connectivity index (χ3v) is 2.64. The standard InChI is InChI=1S/C12H12N4O5/c17-9-5-16(6-10(18)15-9)12(21)14-8-2-1-7(13-4-8)3-11(19)20/h1-2,4H,3,5-6H2,(H,14,21)(H,19,20)(H,15,17,18). The zero-order valence-electron chi connectivity index (χ0n) is 10.8. The van der Waals surface area contributed by atoms with Gasteiger partial charge in [-0.2, -0.15) is 0 Å². The summed E-state index contributed by atoms with van der Waals surface area (Å²) in [5.41, 5.74) is 0.695. The predicted molar refractivity (Wildman–Crippen MR) is 69.3 cm³/mol. The Morgan fingerprint density at radius 1 is 1.29 bits per heavy atom. The molecule has 2 rings (SSSR count). The van der Waals surface area contributed by atoms with Crippen LogP contribution in [0.4, 0.5) is 10.5 Å². The molecule has 9 heteroatoms. The first-order valence-electron chi connectivity index (χ1n) is 5.99. The molecule has 0 aromatic carbocycles. The number of hydrogen-bond acceptors (Lipinski definition) is 5. The molecule has 1 aliphatic heterocycles. The molecule has 9 nitrogen and oxygen atoms in total. The number of nitrogens with zero attached hydrogens (tertiary/aromatic N) is 2. The van der Waals surface area contributed by atoms with Crippen molar-refractivity contribution in [1.82, 2.24) is 15.2 Å². The Kier molecular flexibility index (Phi) is 4.12. The number of carbonyl (C=O) groups is 4. The van der Waals surface area contributed by atoms with E-state index in [1.54, 1.807) is 0 Å². The van der Waals surface area contributed by atoms with E-state index in [1.807, 2.05) is 0 Å². The molecule has 110 valence electrons. The van der Waals surface area contributed by atoms with E-state index in [9.17, 15) is 19.2 Å². The second kappa shape index (κ2) is 5.99. The van der Waals surface area contributed by atoms with Gasteiger partial charge in [0.25, 0.3) is 0 Å². The van der Waals surface area contributed by atoms with Crippen molar-refractivity contribution >= 4 is 29.5 Å². The highest BCUT2D eigenvalue weighted by Crippen LogP contribution is 2.08. The van der Waals surface area contributed by atoms with Crippen LogP contribution >= 0.6 is 0 Å². The van der Waals surface area contributed by atoms with Crippen LogP contribution < -0.4 is 10.6 Å². The fourth-order valence-corrected chi connectivity index (χ4v) is 1.74. The van der Waals surface area contributed by atoms with E-state index in [2.05, 4.69) is 15.6 Å². The molecule has 0 aliphatic carbocycles. The maximum atomic E-state index is 11.9. The Morgan fingerprint density at radius 3 is 2.48 bits per heavy atom. The number of anilines is 1. The molecule has 21 heavy (non-hydrogen) atoms.